The van der Waals surface area contributed by atoms with Gasteiger partial charge in [0, 0.05) is 12.6 Å². The molecule has 0 aliphatic heterocycles. The molecule has 1 aliphatic carbocycles. The third-order valence-corrected chi connectivity index (χ3v) is 3.12. The van der Waals surface area contributed by atoms with Gasteiger partial charge in [0.25, 0.3) is 0 Å². The standard InChI is InChI=1S/C12H15BrFNO/c13-11-7-9(8-15-10-2-3-10)1-4-12(11)16-6-5-14/h1,4,7,10,15H,2-3,5-6,8H2. The van der Waals surface area contributed by atoms with E-state index in [1.807, 2.05) is 18.2 Å². The lowest BCUT2D eigenvalue weighted by Crippen LogP contribution is -2.15. The van der Waals surface area contributed by atoms with Crippen LogP contribution in [0.3, 0.4) is 0 Å². The van der Waals surface area contributed by atoms with Gasteiger partial charge in [-0.15, -0.1) is 0 Å². The number of hydrogen-bond acceptors (Lipinski definition) is 2. The molecule has 1 aromatic carbocycles. The minimum atomic E-state index is -0.461. The maximum atomic E-state index is 12.0. The SMILES string of the molecule is FCCOc1ccc(CNC2CC2)cc1Br. The zero-order chi connectivity index (χ0) is 11.4. The van der Waals surface area contributed by atoms with E-state index in [9.17, 15) is 4.39 Å². The number of ether oxygens (including phenoxy) is 1. The van der Waals surface area contributed by atoms with Crippen molar-refractivity contribution in [3.8, 4) is 5.75 Å². The summed E-state index contributed by atoms with van der Waals surface area (Å²) in [6, 6.07) is 6.61. The van der Waals surface area contributed by atoms with Gasteiger partial charge in [-0.3, -0.25) is 0 Å². The summed E-state index contributed by atoms with van der Waals surface area (Å²) in [5, 5.41) is 3.44. The van der Waals surface area contributed by atoms with E-state index in [2.05, 4.69) is 21.2 Å². The predicted molar refractivity (Wildman–Crippen MR) is 65.5 cm³/mol. The Morgan fingerprint density at radius 3 is 2.88 bits per heavy atom. The zero-order valence-electron chi connectivity index (χ0n) is 9.01. The van der Waals surface area contributed by atoms with Crippen LogP contribution in [0, 0.1) is 0 Å². The summed E-state index contributed by atoms with van der Waals surface area (Å²) in [5.41, 5.74) is 1.21. The highest BCUT2D eigenvalue weighted by molar-refractivity contribution is 9.10. The number of benzene rings is 1. The molecule has 2 rings (SSSR count). The third-order valence-electron chi connectivity index (χ3n) is 2.50. The molecule has 1 aromatic rings. The van der Waals surface area contributed by atoms with E-state index in [1.165, 1.54) is 18.4 Å². The van der Waals surface area contributed by atoms with Crippen molar-refractivity contribution in [2.24, 2.45) is 0 Å². The first-order valence-corrected chi connectivity index (χ1v) is 6.29. The minimum Gasteiger partial charge on any atom is -0.490 e. The Balaban J connectivity index is 1.91. The second kappa shape index (κ2) is 5.64. The Hall–Kier alpha value is -0.610. The van der Waals surface area contributed by atoms with Crippen LogP contribution in [-0.4, -0.2) is 19.3 Å². The fourth-order valence-electron chi connectivity index (χ4n) is 1.47. The molecule has 1 saturated carbocycles. The van der Waals surface area contributed by atoms with Gasteiger partial charge in [0.1, 0.15) is 19.0 Å². The van der Waals surface area contributed by atoms with Gasteiger partial charge >= 0.3 is 0 Å². The van der Waals surface area contributed by atoms with Crippen molar-refractivity contribution in [1.29, 1.82) is 0 Å². The quantitative estimate of drug-likeness (QED) is 0.868. The highest BCUT2D eigenvalue weighted by Crippen LogP contribution is 2.26. The zero-order valence-corrected chi connectivity index (χ0v) is 10.6. The lowest BCUT2D eigenvalue weighted by atomic mass is 10.2. The van der Waals surface area contributed by atoms with Gasteiger partial charge in [-0.25, -0.2) is 4.39 Å². The van der Waals surface area contributed by atoms with Crippen molar-refractivity contribution < 1.29 is 9.13 Å². The fraction of sp³-hybridized carbons (Fsp3) is 0.500. The van der Waals surface area contributed by atoms with Crippen LogP contribution in [0.15, 0.2) is 22.7 Å². The molecule has 0 atom stereocenters. The topological polar surface area (TPSA) is 21.3 Å². The normalized spacial score (nSPS) is 15.1. The molecular formula is C12H15BrFNO. The van der Waals surface area contributed by atoms with Crippen molar-refractivity contribution in [1.82, 2.24) is 5.32 Å². The van der Waals surface area contributed by atoms with Crippen LogP contribution in [0.1, 0.15) is 18.4 Å². The van der Waals surface area contributed by atoms with Crippen molar-refractivity contribution in [2.45, 2.75) is 25.4 Å². The highest BCUT2D eigenvalue weighted by Gasteiger charge is 2.19. The third kappa shape index (κ3) is 3.46. The number of alkyl halides is 1. The molecule has 88 valence electrons. The molecule has 0 amide bonds. The Kier molecular flexibility index (Phi) is 4.18. The molecule has 1 aliphatic rings. The molecule has 0 unspecified atom stereocenters. The average Bonchev–Trinajstić information content (AvgIpc) is 3.09. The Bertz CT molecular complexity index is 355. The van der Waals surface area contributed by atoms with Gasteiger partial charge < -0.3 is 10.1 Å². The van der Waals surface area contributed by atoms with Gasteiger partial charge in [0.2, 0.25) is 0 Å². The van der Waals surface area contributed by atoms with Crippen molar-refractivity contribution in [3.05, 3.63) is 28.2 Å². The van der Waals surface area contributed by atoms with E-state index in [4.69, 9.17) is 4.74 Å². The first-order valence-electron chi connectivity index (χ1n) is 5.50. The van der Waals surface area contributed by atoms with Gasteiger partial charge in [0.05, 0.1) is 4.47 Å². The fourth-order valence-corrected chi connectivity index (χ4v) is 2.01. The van der Waals surface area contributed by atoms with E-state index in [0.717, 1.165) is 11.0 Å². The molecule has 4 heteroatoms. The first-order chi connectivity index (χ1) is 7.79. The predicted octanol–water partition coefficient (Wildman–Crippen LogP) is 3.05. The molecule has 2 nitrogen and oxygen atoms in total. The Morgan fingerprint density at radius 2 is 2.25 bits per heavy atom. The van der Waals surface area contributed by atoms with Crippen LogP contribution in [0.25, 0.3) is 0 Å². The molecule has 16 heavy (non-hydrogen) atoms. The smallest absolute Gasteiger partial charge is 0.133 e. The van der Waals surface area contributed by atoms with Gasteiger partial charge in [-0.05, 0) is 46.5 Å². The molecule has 0 heterocycles. The number of halogens is 2. The average molecular weight is 288 g/mol. The molecule has 0 aromatic heterocycles. The maximum absolute atomic E-state index is 12.0. The molecular weight excluding hydrogens is 273 g/mol. The Labute approximate surface area is 103 Å². The Morgan fingerprint density at radius 1 is 1.44 bits per heavy atom. The van der Waals surface area contributed by atoms with Crippen LogP contribution >= 0.6 is 15.9 Å². The lowest BCUT2D eigenvalue weighted by Gasteiger charge is -2.08. The highest BCUT2D eigenvalue weighted by atomic mass is 79.9. The number of rotatable bonds is 6. The maximum Gasteiger partial charge on any atom is 0.133 e. The van der Waals surface area contributed by atoms with Gasteiger partial charge in [-0.1, -0.05) is 6.07 Å². The summed E-state index contributed by atoms with van der Waals surface area (Å²) < 4.78 is 18.1. The summed E-state index contributed by atoms with van der Waals surface area (Å²) >= 11 is 3.42. The van der Waals surface area contributed by atoms with E-state index < -0.39 is 6.67 Å². The first kappa shape index (κ1) is 11.9. The van der Waals surface area contributed by atoms with Crippen molar-refractivity contribution in [3.63, 3.8) is 0 Å². The van der Waals surface area contributed by atoms with Crippen LogP contribution < -0.4 is 10.1 Å². The van der Waals surface area contributed by atoms with E-state index in [1.54, 1.807) is 0 Å². The molecule has 0 saturated heterocycles. The van der Waals surface area contributed by atoms with E-state index >= 15 is 0 Å². The van der Waals surface area contributed by atoms with Crippen LogP contribution in [0.2, 0.25) is 0 Å². The summed E-state index contributed by atoms with van der Waals surface area (Å²) in [6.07, 6.45) is 2.58. The summed E-state index contributed by atoms with van der Waals surface area (Å²) in [4.78, 5) is 0. The van der Waals surface area contributed by atoms with Gasteiger partial charge in [0.15, 0.2) is 0 Å². The lowest BCUT2D eigenvalue weighted by molar-refractivity contribution is 0.272. The second-order valence-corrected chi connectivity index (χ2v) is 4.81. The summed E-state index contributed by atoms with van der Waals surface area (Å²) in [5.74, 6) is 0.702. The van der Waals surface area contributed by atoms with Crippen LogP contribution in [-0.2, 0) is 6.54 Å². The molecule has 0 bridgehead atoms. The van der Waals surface area contributed by atoms with Crippen LogP contribution in [0.5, 0.6) is 5.75 Å². The summed E-state index contributed by atoms with van der Waals surface area (Å²) in [7, 11) is 0. The largest absolute Gasteiger partial charge is 0.490 e. The van der Waals surface area contributed by atoms with Crippen LogP contribution in [0.4, 0.5) is 4.39 Å². The van der Waals surface area contributed by atoms with Crippen molar-refractivity contribution >= 4 is 15.9 Å². The monoisotopic (exact) mass is 287 g/mol. The van der Waals surface area contributed by atoms with Gasteiger partial charge in [-0.2, -0.15) is 0 Å². The molecule has 0 spiro atoms. The molecule has 0 radical (unpaired) electrons. The summed E-state index contributed by atoms with van der Waals surface area (Å²) in [6.45, 7) is 0.530. The minimum absolute atomic E-state index is 0.109. The number of hydrogen-bond donors (Lipinski definition) is 1. The molecule has 1 N–H and O–H groups in total. The van der Waals surface area contributed by atoms with E-state index in [0.29, 0.717) is 11.8 Å². The molecule has 1 fully saturated rings. The van der Waals surface area contributed by atoms with Crippen molar-refractivity contribution in [2.75, 3.05) is 13.3 Å². The van der Waals surface area contributed by atoms with E-state index in [-0.39, 0.29) is 6.61 Å². The number of nitrogens with one attached hydrogen (secondary N) is 1. The second-order valence-electron chi connectivity index (χ2n) is 3.96.